The second-order valence-corrected chi connectivity index (χ2v) is 5.76. The Morgan fingerprint density at radius 1 is 1.43 bits per heavy atom. The quantitative estimate of drug-likeness (QED) is 0.729. The van der Waals surface area contributed by atoms with Gasteiger partial charge in [-0.3, -0.25) is 0 Å². The van der Waals surface area contributed by atoms with Crippen LogP contribution in [0.5, 0.6) is 0 Å². The third kappa shape index (κ3) is 4.67. The third-order valence-corrected chi connectivity index (χ3v) is 4.12. The van der Waals surface area contributed by atoms with E-state index in [1.807, 2.05) is 0 Å². The lowest BCUT2D eigenvalue weighted by Crippen LogP contribution is -2.45. The van der Waals surface area contributed by atoms with Gasteiger partial charge in [-0.05, 0) is 18.4 Å². The van der Waals surface area contributed by atoms with Crippen LogP contribution in [0.1, 0.15) is 20.8 Å². The number of hydrogen-bond acceptors (Lipinski definition) is 3. The summed E-state index contributed by atoms with van der Waals surface area (Å²) >= 11 is 2.07. The summed E-state index contributed by atoms with van der Waals surface area (Å²) in [4.78, 5) is 0. The molecule has 1 aliphatic rings. The van der Waals surface area contributed by atoms with Crippen LogP contribution in [0.15, 0.2) is 0 Å². The van der Waals surface area contributed by atoms with Gasteiger partial charge in [0.25, 0.3) is 0 Å². The first-order chi connectivity index (χ1) is 6.70. The molecule has 84 valence electrons. The van der Waals surface area contributed by atoms with Crippen molar-refractivity contribution in [3.63, 3.8) is 0 Å². The Morgan fingerprint density at radius 2 is 2.21 bits per heavy atom. The van der Waals surface area contributed by atoms with E-state index >= 15 is 0 Å². The fraction of sp³-hybridized carbons (Fsp3) is 1.00. The maximum Gasteiger partial charge on any atom is 0.0283 e. The first-order valence-corrected chi connectivity index (χ1v) is 6.87. The van der Waals surface area contributed by atoms with E-state index in [2.05, 4.69) is 43.2 Å². The predicted octanol–water partition coefficient (Wildman–Crippen LogP) is 1.57. The Balaban J connectivity index is 2.02. The van der Waals surface area contributed by atoms with Gasteiger partial charge in [-0.15, -0.1) is 0 Å². The molecule has 1 heterocycles. The molecule has 0 aromatic carbocycles. The van der Waals surface area contributed by atoms with Crippen LogP contribution >= 0.6 is 11.8 Å². The molecule has 1 saturated heterocycles. The smallest absolute Gasteiger partial charge is 0.0283 e. The molecular weight excluding hydrogens is 192 g/mol. The SMILES string of the molecule is CC(C)C(C)CNCC1CSCCN1. The maximum atomic E-state index is 3.56. The van der Waals surface area contributed by atoms with Crippen molar-refractivity contribution < 1.29 is 0 Å². The second kappa shape index (κ2) is 6.70. The molecule has 0 bridgehead atoms. The molecule has 1 rings (SSSR count). The topological polar surface area (TPSA) is 24.1 Å². The summed E-state index contributed by atoms with van der Waals surface area (Å²) in [5.74, 6) is 4.12. The first-order valence-electron chi connectivity index (χ1n) is 5.72. The largest absolute Gasteiger partial charge is 0.315 e. The van der Waals surface area contributed by atoms with Gasteiger partial charge in [-0.2, -0.15) is 11.8 Å². The Morgan fingerprint density at radius 3 is 2.79 bits per heavy atom. The van der Waals surface area contributed by atoms with Crippen molar-refractivity contribution >= 4 is 11.8 Å². The van der Waals surface area contributed by atoms with Crippen LogP contribution in [0.3, 0.4) is 0 Å². The lowest BCUT2D eigenvalue weighted by Gasteiger charge is -2.24. The third-order valence-electron chi connectivity index (χ3n) is 2.99. The molecule has 0 aromatic heterocycles. The zero-order valence-electron chi connectivity index (χ0n) is 9.68. The van der Waals surface area contributed by atoms with Gasteiger partial charge in [0.05, 0.1) is 0 Å². The zero-order valence-corrected chi connectivity index (χ0v) is 10.5. The number of hydrogen-bond donors (Lipinski definition) is 2. The van der Waals surface area contributed by atoms with Gasteiger partial charge < -0.3 is 10.6 Å². The Bertz CT molecular complexity index is 144. The molecule has 0 radical (unpaired) electrons. The highest BCUT2D eigenvalue weighted by molar-refractivity contribution is 7.99. The van der Waals surface area contributed by atoms with Gasteiger partial charge in [0.2, 0.25) is 0 Å². The summed E-state index contributed by atoms with van der Waals surface area (Å²) in [5, 5.41) is 7.10. The molecule has 2 atom stereocenters. The molecule has 2 nitrogen and oxygen atoms in total. The summed E-state index contributed by atoms with van der Waals surface area (Å²) in [6.07, 6.45) is 0. The van der Waals surface area contributed by atoms with Crippen molar-refractivity contribution in [2.75, 3.05) is 31.1 Å². The second-order valence-electron chi connectivity index (χ2n) is 4.61. The Hall–Kier alpha value is 0.270. The van der Waals surface area contributed by atoms with Crippen LogP contribution in [0, 0.1) is 11.8 Å². The summed E-state index contributed by atoms with van der Waals surface area (Å²) in [6.45, 7) is 10.4. The van der Waals surface area contributed by atoms with Crippen LogP contribution in [0.2, 0.25) is 0 Å². The molecule has 2 N–H and O–H groups in total. The van der Waals surface area contributed by atoms with E-state index in [9.17, 15) is 0 Å². The number of thioether (sulfide) groups is 1. The van der Waals surface area contributed by atoms with Gasteiger partial charge in [-0.1, -0.05) is 20.8 Å². The van der Waals surface area contributed by atoms with Gasteiger partial charge in [0.15, 0.2) is 0 Å². The van der Waals surface area contributed by atoms with Crippen molar-refractivity contribution in [2.24, 2.45) is 11.8 Å². The zero-order chi connectivity index (χ0) is 10.4. The van der Waals surface area contributed by atoms with Crippen LogP contribution in [-0.2, 0) is 0 Å². The van der Waals surface area contributed by atoms with E-state index in [4.69, 9.17) is 0 Å². The van der Waals surface area contributed by atoms with E-state index in [1.165, 1.54) is 18.1 Å². The molecule has 0 amide bonds. The van der Waals surface area contributed by atoms with E-state index in [0.717, 1.165) is 24.9 Å². The molecule has 0 saturated carbocycles. The van der Waals surface area contributed by atoms with Crippen molar-refractivity contribution in [2.45, 2.75) is 26.8 Å². The fourth-order valence-corrected chi connectivity index (χ4v) is 2.42. The lowest BCUT2D eigenvalue weighted by atomic mass is 9.98. The summed E-state index contributed by atoms with van der Waals surface area (Å²) in [5.41, 5.74) is 0. The minimum absolute atomic E-state index is 0.688. The molecular formula is C11H24N2S. The molecule has 0 aromatic rings. The first kappa shape index (κ1) is 12.3. The van der Waals surface area contributed by atoms with Crippen molar-refractivity contribution in [1.29, 1.82) is 0 Å². The standard InChI is InChI=1S/C11H24N2S/c1-9(2)10(3)6-12-7-11-8-14-5-4-13-11/h9-13H,4-8H2,1-3H3. The highest BCUT2D eigenvalue weighted by atomic mass is 32.2. The predicted molar refractivity (Wildman–Crippen MR) is 66.0 cm³/mol. The summed E-state index contributed by atoms with van der Waals surface area (Å²) in [7, 11) is 0. The van der Waals surface area contributed by atoms with E-state index < -0.39 is 0 Å². The Kier molecular flexibility index (Phi) is 5.90. The van der Waals surface area contributed by atoms with Crippen molar-refractivity contribution in [3.8, 4) is 0 Å². The number of nitrogens with one attached hydrogen (secondary N) is 2. The van der Waals surface area contributed by atoms with E-state index in [1.54, 1.807) is 0 Å². The molecule has 14 heavy (non-hydrogen) atoms. The van der Waals surface area contributed by atoms with E-state index in [0.29, 0.717) is 6.04 Å². The fourth-order valence-electron chi connectivity index (χ4n) is 1.47. The van der Waals surface area contributed by atoms with Gasteiger partial charge in [-0.25, -0.2) is 0 Å². The monoisotopic (exact) mass is 216 g/mol. The molecule has 0 spiro atoms. The maximum absolute atomic E-state index is 3.56. The highest BCUT2D eigenvalue weighted by Gasteiger charge is 2.13. The van der Waals surface area contributed by atoms with Crippen LogP contribution in [-0.4, -0.2) is 37.2 Å². The molecule has 1 aliphatic heterocycles. The van der Waals surface area contributed by atoms with Crippen LogP contribution in [0.4, 0.5) is 0 Å². The molecule has 3 heteroatoms. The van der Waals surface area contributed by atoms with E-state index in [-0.39, 0.29) is 0 Å². The summed E-state index contributed by atoms with van der Waals surface area (Å²) in [6, 6.07) is 0.688. The van der Waals surface area contributed by atoms with Crippen molar-refractivity contribution in [3.05, 3.63) is 0 Å². The molecule has 1 fully saturated rings. The normalized spacial score (nSPS) is 25.3. The molecule has 0 aliphatic carbocycles. The summed E-state index contributed by atoms with van der Waals surface area (Å²) < 4.78 is 0. The van der Waals surface area contributed by atoms with Gasteiger partial charge in [0.1, 0.15) is 0 Å². The lowest BCUT2D eigenvalue weighted by molar-refractivity contribution is 0.381. The number of rotatable bonds is 5. The highest BCUT2D eigenvalue weighted by Crippen LogP contribution is 2.09. The van der Waals surface area contributed by atoms with Gasteiger partial charge >= 0.3 is 0 Å². The van der Waals surface area contributed by atoms with Gasteiger partial charge in [0, 0.05) is 30.6 Å². The minimum Gasteiger partial charge on any atom is -0.315 e. The van der Waals surface area contributed by atoms with Crippen molar-refractivity contribution in [1.82, 2.24) is 10.6 Å². The average Bonchev–Trinajstić information content (AvgIpc) is 2.19. The average molecular weight is 216 g/mol. The Labute approximate surface area is 92.6 Å². The molecule has 2 unspecified atom stereocenters. The van der Waals surface area contributed by atoms with Crippen LogP contribution < -0.4 is 10.6 Å². The minimum atomic E-state index is 0.688. The van der Waals surface area contributed by atoms with Crippen LogP contribution in [0.25, 0.3) is 0 Å².